The molecule has 3 heteroatoms. The Kier molecular flexibility index (Phi) is 5.86. The van der Waals surface area contributed by atoms with Gasteiger partial charge in [-0.3, -0.25) is 0 Å². The van der Waals surface area contributed by atoms with E-state index in [9.17, 15) is 0 Å². The molecule has 1 N–H and O–H groups in total. The van der Waals surface area contributed by atoms with E-state index in [2.05, 4.69) is 48.3 Å². The van der Waals surface area contributed by atoms with Crippen LogP contribution in [0.25, 0.3) is 0 Å². The van der Waals surface area contributed by atoms with Gasteiger partial charge in [0.2, 0.25) is 0 Å². The summed E-state index contributed by atoms with van der Waals surface area (Å²) >= 11 is 0. The number of hydrogen-bond donors (Lipinski definition) is 1. The third-order valence-corrected chi connectivity index (χ3v) is 4.12. The SMILES string of the molecule is CCC(C)N(CCOC)c1ccccc1CNC1CC1. The van der Waals surface area contributed by atoms with Gasteiger partial charge < -0.3 is 15.0 Å². The molecule has 1 aromatic rings. The van der Waals surface area contributed by atoms with E-state index >= 15 is 0 Å². The molecule has 3 nitrogen and oxygen atoms in total. The van der Waals surface area contributed by atoms with Crippen molar-refractivity contribution >= 4 is 5.69 Å². The van der Waals surface area contributed by atoms with E-state index < -0.39 is 0 Å². The molecule has 1 aliphatic rings. The van der Waals surface area contributed by atoms with Crippen LogP contribution >= 0.6 is 0 Å². The highest BCUT2D eigenvalue weighted by molar-refractivity contribution is 5.54. The van der Waals surface area contributed by atoms with Crippen LogP contribution in [0.1, 0.15) is 38.7 Å². The van der Waals surface area contributed by atoms with Crippen molar-refractivity contribution < 1.29 is 4.74 Å². The maximum atomic E-state index is 5.28. The molecule has 1 saturated carbocycles. The van der Waals surface area contributed by atoms with Crippen molar-refractivity contribution in [3.63, 3.8) is 0 Å². The van der Waals surface area contributed by atoms with Crippen molar-refractivity contribution in [3.05, 3.63) is 29.8 Å². The van der Waals surface area contributed by atoms with Crippen molar-refractivity contribution in [3.8, 4) is 0 Å². The highest BCUT2D eigenvalue weighted by Gasteiger charge is 2.21. The maximum Gasteiger partial charge on any atom is 0.0637 e. The van der Waals surface area contributed by atoms with Gasteiger partial charge in [0.05, 0.1) is 6.61 Å². The molecule has 0 heterocycles. The van der Waals surface area contributed by atoms with Gasteiger partial charge in [-0.25, -0.2) is 0 Å². The van der Waals surface area contributed by atoms with Crippen LogP contribution in [0.2, 0.25) is 0 Å². The average Bonchev–Trinajstić information content (AvgIpc) is 3.30. The molecule has 0 bridgehead atoms. The molecule has 1 fully saturated rings. The summed E-state index contributed by atoms with van der Waals surface area (Å²) in [6, 6.07) is 10.0. The van der Waals surface area contributed by atoms with Crippen LogP contribution < -0.4 is 10.2 Å². The number of methoxy groups -OCH3 is 1. The first kappa shape index (κ1) is 15.3. The summed E-state index contributed by atoms with van der Waals surface area (Å²) in [5.41, 5.74) is 2.75. The van der Waals surface area contributed by atoms with Crippen molar-refractivity contribution in [1.82, 2.24) is 5.32 Å². The molecule has 1 aromatic carbocycles. The monoisotopic (exact) mass is 276 g/mol. The molecule has 0 radical (unpaired) electrons. The van der Waals surface area contributed by atoms with E-state index in [0.29, 0.717) is 6.04 Å². The standard InChI is InChI=1S/C17H28N2O/c1-4-14(2)19(11-12-20-3)17-8-6-5-7-15(17)13-18-16-9-10-16/h5-8,14,16,18H,4,9-13H2,1-3H3. The van der Waals surface area contributed by atoms with Crippen LogP contribution in [-0.2, 0) is 11.3 Å². The molecular formula is C17H28N2O. The highest BCUT2D eigenvalue weighted by Crippen LogP contribution is 2.25. The molecule has 1 unspecified atom stereocenters. The fourth-order valence-corrected chi connectivity index (χ4v) is 2.47. The lowest BCUT2D eigenvalue weighted by Crippen LogP contribution is -2.36. The Hall–Kier alpha value is -1.06. The summed E-state index contributed by atoms with van der Waals surface area (Å²) in [6.07, 6.45) is 3.82. The van der Waals surface area contributed by atoms with Crippen LogP contribution in [0, 0.1) is 0 Å². The minimum Gasteiger partial charge on any atom is -0.383 e. The van der Waals surface area contributed by atoms with E-state index in [1.807, 2.05) is 0 Å². The molecule has 0 amide bonds. The Morgan fingerprint density at radius 2 is 2.10 bits per heavy atom. The zero-order chi connectivity index (χ0) is 14.4. The third-order valence-electron chi connectivity index (χ3n) is 4.12. The summed E-state index contributed by atoms with van der Waals surface area (Å²) in [4.78, 5) is 2.48. The van der Waals surface area contributed by atoms with E-state index in [-0.39, 0.29) is 0 Å². The molecule has 1 aliphatic carbocycles. The van der Waals surface area contributed by atoms with Gasteiger partial charge in [-0.2, -0.15) is 0 Å². The van der Waals surface area contributed by atoms with Crippen LogP contribution in [0.5, 0.6) is 0 Å². The molecule has 2 rings (SSSR count). The average molecular weight is 276 g/mol. The third kappa shape index (κ3) is 4.22. The summed E-state index contributed by atoms with van der Waals surface area (Å²) < 4.78 is 5.28. The molecule has 0 aliphatic heterocycles. The molecule has 112 valence electrons. The number of nitrogens with zero attached hydrogens (tertiary/aromatic N) is 1. The zero-order valence-electron chi connectivity index (χ0n) is 13.1. The maximum absolute atomic E-state index is 5.28. The number of benzene rings is 1. The van der Waals surface area contributed by atoms with Crippen molar-refractivity contribution in [1.29, 1.82) is 0 Å². The number of ether oxygens (including phenoxy) is 1. The quantitative estimate of drug-likeness (QED) is 0.749. The Morgan fingerprint density at radius 3 is 2.75 bits per heavy atom. The number of anilines is 1. The van der Waals surface area contributed by atoms with Gasteiger partial charge in [0.15, 0.2) is 0 Å². The lowest BCUT2D eigenvalue weighted by Gasteiger charge is -2.32. The second-order valence-corrected chi connectivity index (χ2v) is 5.73. The normalized spacial score (nSPS) is 16.1. The highest BCUT2D eigenvalue weighted by atomic mass is 16.5. The lowest BCUT2D eigenvalue weighted by molar-refractivity contribution is 0.203. The Morgan fingerprint density at radius 1 is 1.35 bits per heavy atom. The van der Waals surface area contributed by atoms with Gasteiger partial charge in [0, 0.05) is 38.0 Å². The lowest BCUT2D eigenvalue weighted by atomic mass is 10.1. The van der Waals surface area contributed by atoms with E-state index in [1.54, 1.807) is 7.11 Å². The summed E-state index contributed by atoms with van der Waals surface area (Å²) in [7, 11) is 1.77. The van der Waals surface area contributed by atoms with Crippen LogP contribution in [0.15, 0.2) is 24.3 Å². The molecular weight excluding hydrogens is 248 g/mol. The fraction of sp³-hybridized carbons (Fsp3) is 0.647. The molecule has 0 aromatic heterocycles. The van der Waals surface area contributed by atoms with Gasteiger partial charge in [0.25, 0.3) is 0 Å². The fourth-order valence-electron chi connectivity index (χ4n) is 2.47. The topological polar surface area (TPSA) is 24.5 Å². The second-order valence-electron chi connectivity index (χ2n) is 5.73. The first-order valence-corrected chi connectivity index (χ1v) is 7.83. The summed E-state index contributed by atoms with van der Waals surface area (Å²) in [5.74, 6) is 0. The number of hydrogen-bond acceptors (Lipinski definition) is 3. The van der Waals surface area contributed by atoms with Crippen molar-refractivity contribution in [2.45, 2.75) is 51.7 Å². The van der Waals surface area contributed by atoms with Crippen LogP contribution in [0.3, 0.4) is 0 Å². The Labute approximate surface area is 123 Å². The molecule has 20 heavy (non-hydrogen) atoms. The predicted molar refractivity (Wildman–Crippen MR) is 85.3 cm³/mol. The van der Waals surface area contributed by atoms with Crippen LogP contribution in [0.4, 0.5) is 5.69 Å². The van der Waals surface area contributed by atoms with Gasteiger partial charge in [-0.1, -0.05) is 25.1 Å². The smallest absolute Gasteiger partial charge is 0.0637 e. The summed E-state index contributed by atoms with van der Waals surface area (Å²) in [5, 5.41) is 3.62. The van der Waals surface area contributed by atoms with Gasteiger partial charge in [0.1, 0.15) is 0 Å². The first-order valence-electron chi connectivity index (χ1n) is 7.83. The van der Waals surface area contributed by atoms with Crippen molar-refractivity contribution in [2.24, 2.45) is 0 Å². The number of nitrogens with one attached hydrogen (secondary N) is 1. The first-order chi connectivity index (χ1) is 9.76. The largest absolute Gasteiger partial charge is 0.383 e. The Bertz CT molecular complexity index is 404. The molecule has 1 atom stereocenters. The zero-order valence-corrected chi connectivity index (χ0v) is 13.1. The van der Waals surface area contributed by atoms with Gasteiger partial charge >= 0.3 is 0 Å². The van der Waals surface area contributed by atoms with Gasteiger partial charge in [-0.05, 0) is 37.8 Å². The number of para-hydroxylation sites is 1. The Balaban J connectivity index is 2.12. The molecule has 0 spiro atoms. The number of rotatable bonds is 9. The minimum atomic E-state index is 0.534. The van der Waals surface area contributed by atoms with E-state index in [0.717, 1.165) is 32.2 Å². The molecule has 0 saturated heterocycles. The van der Waals surface area contributed by atoms with Crippen LogP contribution in [-0.4, -0.2) is 32.3 Å². The summed E-state index contributed by atoms with van der Waals surface area (Å²) in [6.45, 7) is 7.23. The van der Waals surface area contributed by atoms with E-state index in [4.69, 9.17) is 4.74 Å². The minimum absolute atomic E-state index is 0.534. The predicted octanol–water partition coefficient (Wildman–Crippen LogP) is 3.19. The van der Waals surface area contributed by atoms with E-state index in [1.165, 1.54) is 24.1 Å². The second kappa shape index (κ2) is 7.65. The van der Waals surface area contributed by atoms with Crippen molar-refractivity contribution in [2.75, 3.05) is 25.2 Å². The van der Waals surface area contributed by atoms with Gasteiger partial charge in [-0.15, -0.1) is 0 Å².